The van der Waals surface area contributed by atoms with Gasteiger partial charge in [-0.25, -0.2) is 0 Å². The van der Waals surface area contributed by atoms with Crippen molar-refractivity contribution in [3.05, 3.63) is 0 Å². The van der Waals surface area contributed by atoms with Gasteiger partial charge in [0.1, 0.15) is 0 Å². The Morgan fingerprint density at radius 2 is 2.14 bits per heavy atom. The van der Waals surface area contributed by atoms with Crippen LogP contribution in [0.1, 0.15) is 39.0 Å². The summed E-state index contributed by atoms with van der Waals surface area (Å²) < 4.78 is 5.28. The van der Waals surface area contributed by atoms with Crippen molar-refractivity contribution in [2.45, 2.75) is 45.1 Å². The Morgan fingerprint density at radius 3 is 2.86 bits per heavy atom. The van der Waals surface area contributed by atoms with Crippen LogP contribution < -0.4 is 5.32 Å². The molecule has 2 fully saturated rings. The minimum Gasteiger partial charge on any atom is -0.390 e. The van der Waals surface area contributed by atoms with Crippen molar-refractivity contribution in [1.29, 1.82) is 0 Å². The van der Waals surface area contributed by atoms with Gasteiger partial charge in [-0.3, -0.25) is 9.69 Å². The van der Waals surface area contributed by atoms with Gasteiger partial charge in [0.15, 0.2) is 0 Å². The summed E-state index contributed by atoms with van der Waals surface area (Å²) in [5.74, 6) is 1.38. The molecule has 0 radical (unpaired) electrons. The number of carbonyl (C=O) groups is 1. The summed E-state index contributed by atoms with van der Waals surface area (Å²) in [5.41, 5.74) is 0. The summed E-state index contributed by atoms with van der Waals surface area (Å²) in [4.78, 5) is 14.1. The number of ether oxygens (including phenoxy) is 1. The van der Waals surface area contributed by atoms with Crippen molar-refractivity contribution in [2.24, 2.45) is 11.8 Å². The van der Waals surface area contributed by atoms with E-state index >= 15 is 0 Å². The molecule has 3 atom stereocenters. The average Bonchev–Trinajstić information content (AvgIpc) is 2.46. The number of hydrogen-bond donors (Lipinski definition) is 2. The summed E-state index contributed by atoms with van der Waals surface area (Å²) >= 11 is 0. The number of β-amino-alcohol motifs (C(OH)–C–C–N with tert-alkyl or cyclic N) is 1. The minimum atomic E-state index is -0.489. The zero-order chi connectivity index (χ0) is 15.1. The highest BCUT2D eigenvalue weighted by Crippen LogP contribution is 2.30. The lowest BCUT2D eigenvalue weighted by Gasteiger charge is -2.29. The molecule has 3 unspecified atom stereocenters. The first-order valence-corrected chi connectivity index (χ1v) is 8.38. The van der Waals surface area contributed by atoms with Crippen LogP contribution in [-0.2, 0) is 9.53 Å². The Kier molecular flexibility index (Phi) is 6.93. The largest absolute Gasteiger partial charge is 0.390 e. The van der Waals surface area contributed by atoms with Crippen LogP contribution in [0.5, 0.6) is 0 Å². The second-order valence-electron chi connectivity index (χ2n) is 6.71. The molecule has 1 heterocycles. The first kappa shape index (κ1) is 16.7. The fourth-order valence-corrected chi connectivity index (χ4v) is 3.46. The van der Waals surface area contributed by atoms with Crippen molar-refractivity contribution < 1.29 is 14.6 Å². The minimum absolute atomic E-state index is 0.0927. The molecule has 2 N–H and O–H groups in total. The van der Waals surface area contributed by atoms with E-state index in [1.54, 1.807) is 0 Å². The quantitative estimate of drug-likeness (QED) is 0.768. The second-order valence-corrected chi connectivity index (χ2v) is 6.71. The molecule has 5 nitrogen and oxygen atoms in total. The molecule has 1 aliphatic carbocycles. The number of hydrogen-bond acceptors (Lipinski definition) is 4. The van der Waals surface area contributed by atoms with E-state index in [1.165, 1.54) is 25.7 Å². The number of nitrogens with zero attached hydrogens (tertiary/aromatic N) is 1. The third-order valence-corrected chi connectivity index (χ3v) is 4.63. The van der Waals surface area contributed by atoms with Gasteiger partial charge < -0.3 is 15.2 Å². The fraction of sp³-hybridized carbons (Fsp3) is 0.938. The first-order valence-electron chi connectivity index (χ1n) is 8.38. The summed E-state index contributed by atoms with van der Waals surface area (Å²) in [7, 11) is 0. The van der Waals surface area contributed by atoms with Crippen molar-refractivity contribution >= 4 is 5.91 Å². The van der Waals surface area contributed by atoms with Gasteiger partial charge in [0, 0.05) is 32.6 Å². The van der Waals surface area contributed by atoms with Gasteiger partial charge in [-0.05, 0) is 24.7 Å². The van der Waals surface area contributed by atoms with E-state index in [1.807, 2.05) is 0 Å². The van der Waals surface area contributed by atoms with E-state index in [-0.39, 0.29) is 5.91 Å². The van der Waals surface area contributed by atoms with E-state index in [9.17, 15) is 9.90 Å². The maximum atomic E-state index is 12.0. The molecule has 1 aliphatic heterocycles. The zero-order valence-corrected chi connectivity index (χ0v) is 13.2. The Balaban J connectivity index is 1.59. The highest BCUT2D eigenvalue weighted by molar-refractivity contribution is 5.76. The molecule has 0 bridgehead atoms. The molecule has 21 heavy (non-hydrogen) atoms. The van der Waals surface area contributed by atoms with Crippen LogP contribution in [0.3, 0.4) is 0 Å². The third-order valence-electron chi connectivity index (χ3n) is 4.63. The van der Waals surface area contributed by atoms with Crippen LogP contribution >= 0.6 is 0 Å². The molecular formula is C16H30N2O3. The predicted octanol–water partition coefficient (Wildman–Crippen LogP) is 1.01. The molecule has 0 aromatic heterocycles. The van der Waals surface area contributed by atoms with Gasteiger partial charge in [-0.2, -0.15) is 0 Å². The average molecular weight is 298 g/mol. The monoisotopic (exact) mass is 298 g/mol. The lowest BCUT2D eigenvalue weighted by Crippen LogP contribution is -2.44. The molecular weight excluding hydrogens is 268 g/mol. The van der Waals surface area contributed by atoms with Crippen molar-refractivity contribution in [3.63, 3.8) is 0 Å². The summed E-state index contributed by atoms with van der Waals surface area (Å²) in [6.45, 7) is 6.45. The van der Waals surface area contributed by atoms with E-state index in [0.717, 1.165) is 32.2 Å². The molecule has 1 saturated heterocycles. The third kappa shape index (κ3) is 6.32. The number of amides is 1. The van der Waals surface area contributed by atoms with Crippen LogP contribution in [0.15, 0.2) is 0 Å². The van der Waals surface area contributed by atoms with Gasteiger partial charge in [0.05, 0.1) is 19.3 Å². The SMILES string of the molecule is CC1CCCC(CC(=O)NCC(O)CN2CCOCC2)C1. The molecule has 122 valence electrons. The Labute approximate surface area is 128 Å². The van der Waals surface area contributed by atoms with Crippen LogP contribution in [0.4, 0.5) is 0 Å². The van der Waals surface area contributed by atoms with E-state index in [0.29, 0.717) is 25.4 Å². The maximum absolute atomic E-state index is 12.0. The van der Waals surface area contributed by atoms with Crippen LogP contribution in [0.25, 0.3) is 0 Å². The zero-order valence-electron chi connectivity index (χ0n) is 13.2. The Morgan fingerprint density at radius 1 is 1.38 bits per heavy atom. The first-order chi connectivity index (χ1) is 10.1. The highest BCUT2D eigenvalue weighted by Gasteiger charge is 2.22. The van der Waals surface area contributed by atoms with Gasteiger partial charge >= 0.3 is 0 Å². The second kappa shape index (κ2) is 8.71. The van der Waals surface area contributed by atoms with Crippen molar-refractivity contribution in [3.8, 4) is 0 Å². The molecule has 2 rings (SSSR count). The summed E-state index contributed by atoms with van der Waals surface area (Å²) in [6, 6.07) is 0. The smallest absolute Gasteiger partial charge is 0.220 e. The number of aliphatic hydroxyl groups excluding tert-OH is 1. The van der Waals surface area contributed by atoms with Crippen LogP contribution in [-0.4, -0.2) is 61.4 Å². The maximum Gasteiger partial charge on any atom is 0.220 e. The van der Waals surface area contributed by atoms with Crippen LogP contribution in [0.2, 0.25) is 0 Å². The van der Waals surface area contributed by atoms with Gasteiger partial charge in [0.25, 0.3) is 0 Å². The fourth-order valence-electron chi connectivity index (χ4n) is 3.46. The topological polar surface area (TPSA) is 61.8 Å². The van der Waals surface area contributed by atoms with Gasteiger partial charge in [-0.1, -0.05) is 19.8 Å². The number of morpholine rings is 1. The molecule has 0 aromatic rings. The van der Waals surface area contributed by atoms with Crippen LogP contribution in [0, 0.1) is 11.8 Å². The normalized spacial score (nSPS) is 29.0. The lowest BCUT2D eigenvalue weighted by molar-refractivity contribution is -0.122. The summed E-state index contributed by atoms with van der Waals surface area (Å²) in [6.07, 6.45) is 5.03. The molecule has 1 saturated carbocycles. The number of nitrogens with one attached hydrogen (secondary N) is 1. The Hall–Kier alpha value is -0.650. The lowest BCUT2D eigenvalue weighted by atomic mass is 9.81. The Bertz CT molecular complexity index is 319. The molecule has 0 spiro atoms. The van der Waals surface area contributed by atoms with E-state index in [2.05, 4.69) is 17.1 Å². The van der Waals surface area contributed by atoms with Gasteiger partial charge in [0.2, 0.25) is 5.91 Å². The standard InChI is InChI=1S/C16H30N2O3/c1-13-3-2-4-14(9-13)10-16(20)17-11-15(19)12-18-5-7-21-8-6-18/h13-15,19H,2-12H2,1H3,(H,17,20). The number of carbonyl (C=O) groups excluding carboxylic acids is 1. The van der Waals surface area contributed by atoms with E-state index < -0.39 is 6.10 Å². The van der Waals surface area contributed by atoms with E-state index in [4.69, 9.17) is 4.74 Å². The highest BCUT2D eigenvalue weighted by atomic mass is 16.5. The van der Waals surface area contributed by atoms with Crippen molar-refractivity contribution in [2.75, 3.05) is 39.4 Å². The summed E-state index contributed by atoms with van der Waals surface area (Å²) in [5, 5.41) is 12.9. The molecule has 5 heteroatoms. The van der Waals surface area contributed by atoms with Gasteiger partial charge in [-0.15, -0.1) is 0 Å². The molecule has 0 aromatic carbocycles. The number of rotatable bonds is 6. The molecule has 2 aliphatic rings. The molecule has 1 amide bonds. The number of aliphatic hydroxyl groups is 1. The predicted molar refractivity (Wildman–Crippen MR) is 82.0 cm³/mol. The van der Waals surface area contributed by atoms with Crippen molar-refractivity contribution in [1.82, 2.24) is 10.2 Å².